The maximum absolute atomic E-state index is 11.0. The molecule has 0 amide bonds. The molecule has 1 nitrogen and oxygen atoms in total. The van der Waals surface area contributed by atoms with Gasteiger partial charge in [-0.3, -0.25) is 0 Å². The monoisotopic (exact) mass is 290 g/mol. The molecule has 112 valence electrons. The third kappa shape index (κ3) is 4.62. The summed E-state index contributed by atoms with van der Waals surface area (Å²) in [7, 11) is 0. The van der Waals surface area contributed by atoms with Crippen LogP contribution >= 0.6 is 0 Å². The van der Waals surface area contributed by atoms with E-state index < -0.39 is 5.60 Å². The van der Waals surface area contributed by atoms with Crippen LogP contribution in [0.15, 0.2) is 66.7 Å². The lowest BCUT2D eigenvalue weighted by molar-refractivity contribution is 0.155. The highest BCUT2D eigenvalue weighted by Gasteiger charge is 2.22. The first-order chi connectivity index (χ1) is 10.7. The topological polar surface area (TPSA) is 20.2 Å². The lowest BCUT2D eigenvalue weighted by atomic mass is 9.93. The zero-order valence-electron chi connectivity index (χ0n) is 13.0. The van der Waals surface area contributed by atoms with Crippen LogP contribution < -0.4 is 0 Å². The average Bonchev–Trinajstić information content (AvgIpc) is 2.59. The molecule has 0 spiro atoms. The molecule has 2 aromatic rings. The quantitative estimate of drug-likeness (QED) is 0.620. The van der Waals surface area contributed by atoms with Crippen molar-refractivity contribution in [2.24, 2.45) is 0 Å². The van der Waals surface area contributed by atoms with Crippen LogP contribution in [0.25, 0.3) is 6.08 Å². The van der Waals surface area contributed by atoms with Crippen LogP contribution in [0, 0.1) is 11.8 Å². The summed E-state index contributed by atoms with van der Waals surface area (Å²) in [6.45, 7) is 2.14. The maximum atomic E-state index is 11.0. The fraction of sp³-hybridized carbons (Fsp3) is 0.238. The number of rotatable bonds is 5. The largest absolute Gasteiger partial charge is 0.370 e. The molecular formula is C21H22O. The molecule has 2 aromatic carbocycles. The van der Waals surface area contributed by atoms with Crippen molar-refractivity contribution in [2.45, 2.75) is 31.8 Å². The molecule has 0 aliphatic rings. The number of hydrogen-bond donors (Lipinski definition) is 1. The van der Waals surface area contributed by atoms with Gasteiger partial charge in [0.25, 0.3) is 0 Å². The van der Waals surface area contributed by atoms with Gasteiger partial charge in [0.15, 0.2) is 5.60 Å². The fourth-order valence-corrected chi connectivity index (χ4v) is 2.15. The van der Waals surface area contributed by atoms with E-state index in [0.29, 0.717) is 0 Å². The second kappa shape index (κ2) is 8.22. The zero-order chi connectivity index (χ0) is 15.7. The van der Waals surface area contributed by atoms with Crippen LogP contribution in [0.2, 0.25) is 0 Å². The first kappa shape index (κ1) is 16.1. The fourth-order valence-electron chi connectivity index (χ4n) is 2.15. The Hall–Kier alpha value is -2.30. The van der Waals surface area contributed by atoms with Gasteiger partial charge in [-0.25, -0.2) is 0 Å². The summed E-state index contributed by atoms with van der Waals surface area (Å²) in [6, 6.07) is 19.5. The third-order valence-corrected chi connectivity index (χ3v) is 3.46. The molecule has 1 atom stereocenters. The van der Waals surface area contributed by atoms with Gasteiger partial charge < -0.3 is 5.11 Å². The summed E-state index contributed by atoms with van der Waals surface area (Å²) >= 11 is 0. The van der Waals surface area contributed by atoms with Gasteiger partial charge in [0.2, 0.25) is 0 Å². The van der Waals surface area contributed by atoms with Gasteiger partial charge >= 0.3 is 0 Å². The van der Waals surface area contributed by atoms with Crippen LogP contribution in [0.3, 0.4) is 0 Å². The summed E-state index contributed by atoms with van der Waals surface area (Å²) in [5, 5.41) is 11.0. The number of hydrogen-bond acceptors (Lipinski definition) is 1. The van der Waals surface area contributed by atoms with Crippen LogP contribution in [0.5, 0.6) is 0 Å². The predicted octanol–water partition coefficient (Wildman–Crippen LogP) is 4.78. The van der Waals surface area contributed by atoms with E-state index in [-0.39, 0.29) is 0 Å². The SMILES string of the molecule is CCCCC#CC(O)(/C=C/c1ccccc1)c1ccccc1. The van der Waals surface area contributed by atoms with Gasteiger partial charge in [0.05, 0.1) is 0 Å². The van der Waals surface area contributed by atoms with Crippen LogP contribution in [0.4, 0.5) is 0 Å². The van der Waals surface area contributed by atoms with Gasteiger partial charge in [-0.15, -0.1) is 0 Å². The third-order valence-electron chi connectivity index (χ3n) is 3.46. The predicted molar refractivity (Wildman–Crippen MR) is 93.1 cm³/mol. The summed E-state index contributed by atoms with van der Waals surface area (Å²) in [5.41, 5.74) is 0.601. The number of unbranched alkanes of at least 4 members (excludes halogenated alkanes) is 2. The highest BCUT2D eigenvalue weighted by molar-refractivity contribution is 5.53. The van der Waals surface area contributed by atoms with Crippen molar-refractivity contribution < 1.29 is 5.11 Å². The standard InChI is InChI=1S/C21H22O/c1-2-3-4-11-17-21(22,20-14-9-6-10-15-20)18-16-19-12-7-5-8-13-19/h5-10,12-16,18,22H,2-4H2,1H3/b18-16+. The van der Waals surface area contributed by atoms with Crippen molar-refractivity contribution >= 4 is 6.08 Å². The smallest absolute Gasteiger partial charge is 0.170 e. The molecule has 0 saturated heterocycles. The Balaban J connectivity index is 2.28. The molecule has 0 bridgehead atoms. The summed E-state index contributed by atoms with van der Waals surface area (Å²) < 4.78 is 0. The summed E-state index contributed by atoms with van der Waals surface area (Å²) in [5.74, 6) is 6.15. The Kier molecular flexibility index (Phi) is 6.01. The molecule has 1 unspecified atom stereocenters. The first-order valence-corrected chi connectivity index (χ1v) is 7.77. The van der Waals surface area contributed by atoms with Crippen LogP contribution in [-0.2, 0) is 5.60 Å². The van der Waals surface area contributed by atoms with E-state index in [0.717, 1.165) is 30.4 Å². The molecule has 0 fully saturated rings. The van der Waals surface area contributed by atoms with Gasteiger partial charge in [0.1, 0.15) is 0 Å². The minimum Gasteiger partial charge on any atom is -0.370 e. The highest BCUT2D eigenvalue weighted by Crippen LogP contribution is 2.23. The first-order valence-electron chi connectivity index (χ1n) is 7.77. The van der Waals surface area contributed by atoms with E-state index in [4.69, 9.17) is 0 Å². The van der Waals surface area contributed by atoms with Gasteiger partial charge in [-0.05, 0) is 23.6 Å². The molecule has 0 heterocycles. The second-order valence-electron chi connectivity index (χ2n) is 5.28. The Morgan fingerprint density at radius 2 is 1.64 bits per heavy atom. The summed E-state index contributed by atoms with van der Waals surface area (Å²) in [4.78, 5) is 0. The minimum absolute atomic E-state index is 0.797. The van der Waals surface area contributed by atoms with Crippen molar-refractivity contribution in [3.05, 3.63) is 77.9 Å². The van der Waals surface area contributed by atoms with Crippen molar-refractivity contribution in [2.75, 3.05) is 0 Å². The van der Waals surface area contributed by atoms with Gasteiger partial charge in [-0.2, -0.15) is 0 Å². The van der Waals surface area contributed by atoms with Crippen molar-refractivity contribution in [1.29, 1.82) is 0 Å². The Morgan fingerprint density at radius 3 is 2.27 bits per heavy atom. The van der Waals surface area contributed by atoms with E-state index in [9.17, 15) is 5.11 Å². The second-order valence-corrected chi connectivity index (χ2v) is 5.28. The van der Waals surface area contributed by atoms with Crippen molar-refractivity contribution in [3.63, 3.8) is 0 Å². The molecule has 0 aliphatic carbocycles. The van der Waals surface area contributed by atoms with Crippen LogP contribution in [-0.4, -0.2) is 5.11 Å². The van der Waals surface area contributed by atoms with Crippen LogP contribution in [0.1, 0.15) is 37.3 Å². The molecule has 0 aliphatic heterocycles. The van der Waals surface area contributed by atoms with Gasteiger partial charge in [0, 0.05) is 6.42 Å². The average molecular weight is 290 g/mol. The Bertz CT molecular complexity index is 647. The number of aliphatic hydroxyl groups is 1. The molecule has 22 heavy (non-hydrogen) atoms. The van der Waals surface area contributed by atoms with Gasteiger partial charge in [-0.1, -0.05) is 91.9 Å². The van der Waals surface area contributed by atoms with E-state index in [1.165, 1.54) is 0 Å². The maximum Gasteiger partial charge on any atom is 0.170 e. The molecule has 0 aromatic heterocycles. The van der Waals surface area contributed by atoms with Crippen molar-refractivity contribution in [1.82, 2.24) is 0 Å². The Labute approximate surface area is 133 Å². The summed E-state index contributed by atoms with van der Waals surface area (Å²) in [6.07, 6.45) is 6.67. The lowest BCUT2D eigenvalue weighted by Gasteiger charge is -2.18. The molecule has 0 saturated carbocycles. The minimum atomic E-state index is -1.25. The molecule has 0 radical (unpaired) electrons. The molecule has 1 heteroatoms. The molecule has 1 N–H and O–H groups in total. The van der Waals surface area contributed by atoms with E-state index >= 15 is 0 Å². The highest BCUT2D eigenvalue weighted by atomic mass is 16.3. The Morgan fingerprint density at radius 1 is 1.00 bits per heavy atom. The lowest BCUT2D eigenvalue weighted by Crippen LogP contribution is -2.20. The molecular weight excluding hydrogens is 268 g/mol. The molecule has 2 rings (SSSR count). The zero-order valence-corrected chi connectivity index (χ0v) is 13.0. The normalized spacial score (nSPS) is 13.4. The van der Waals surface area contributed by atoms with E-state index in [1.54, 1.807) is 6.08 Å². The van der Waals surface area contributed by atoms with E-state index in [1.807, 2.05) is 66.7 Å². The van der Waals surface area contributed by atoms with Crippen molar-refractivity contribution in [3.8, 4) is 11.8 Å². The van der Waals surface area contributed by atoms with E-state index in [2.05, 4.69) is 18.8 Å². The number of benzene rings is 2.